The topological polar surface area (TPSA) is 41.1 Å². The van der Waals surface area contributed by atoms with Crippen LogP contribution in [0.4, 0.5) is 14.9 Å². The largest absolute Gasteiger partial charge is 0.335 e. The standard InChI is InChI=1S/C13H16ClFN2O/c14-9-6-10(15)8-12(7-9)17-13(18)16-11-4-2-1-3-5-11/h6-8,11H,1-5H2,(H2,16,17,18). The molecule has 5 heteroatoms. The van der Waals surface area contributed by atoms with Crippen molar-refractivity contribution < 1.29 is 9.18 Å². The minimum atomic E-state index is -0.463. The third-order valence-corrected chi connectivity index (χ3v) is 3.28. The summed E-state index contributed by atoms with van der Waals surface area (Å²) >= 11 is 5.71. The Kier molecular flexibility index (Phi) is 4.42. The molecule has 1 aromatic rings. The van der Waals surface area contributed by atoms with Crippen LogP contribution >= 0.6 is 11.6 Å². The number of anilines is 1. The second-order valence-corrected chi connectivity index (χ2v) is 5.03. The SMILES string of the molecule is O=C(Nc1cc(F)cc(Cl)c1)NC1CCCCC1. The summed E-state index contributed by atoms with van der Waals surface area (Å²) in [5, 5.41) is 5.75. The van der Waals surface area contributed by atoms with Crippen molar-refractivity contribution in [3.05, 3.63) is 29.0 Å². The van der Waals surface area contributed by atoms with E-state index in [9.17, 15) is 9.18 Å². The molecule has 1 aliphatic rings. The van der Waals surface area contributed by atoms with E-state index in [0.29, 0.717) is 5.69 Å². The molecule has 1 aliphatic carbocycles. The first-order valence-electron chi connectivity index (χ1n) is 6.17. The van der Waals surface area contributed by atoms with Crippen molar-refractivity contribution in [2.75, 3.05) is 5.32 Å². The van der Waals surface area contributed by atoms with Gasteiger partial charge in [0.25, 0.3) is 0 Å². The van der Waals surface area contributed by atoms with Crippen molar-refractivity contribution in [3.63, 3.8) is 0 Å². The van der Waals surface area contributed by atoms with Crippen molar-refractivity contribution in [2.45, 2.75) is 38.1 Å². The monoisotopic (exact) mass is 270 g/mol. The van der Waals surface area contributed by atoms with E-state index in [1.54, 1.807) is 0 Å². The highest BCUT2D eigenvalue weighted by atomic mass is 35.5. The number of hydrogen-bond acceptors (Lipinski definition) is 1. The van der Waals surface area contributed by atoms with Crippen LogP contribution in [-0.4, -0.2) is 12.1 Å². The Morgan fingerprint density at radius 3 is 2.61 bits per heavy atom. The van der Waals surface area contributed by atoms with Crippen LogP contribution in [0.15, 0.2) is 18.2 Å². The first kappa shape index (κ1) is 13.1. The highest BCUT2D eigenvalue weighted by molar-refractivity contribution is 6.30. The smallest absolute Gasteiger partial charge is 0.319 e. The molecule has 0 heterocycles. The van der Waals surface area contributed by atoms with Crippen LogP contribution in [0, 0.1) is 5.82 Å². The third kappa shape index (κ3) is 3.88. The summed E-state index contributed by atoms with van der Waals surface area (Å²) in [6.45, 7) is 0. The highest BCUT2D eigenvalue weighted by Crippen LogP contribution is 2.19. The molecule has 0 saturated heterocycles. The van der Waals surface area contributed by atoms with E-state index in [2.05, 4.69) is 10.6 Å². The number of carbonyl (C=O) groups excluding carboxylic acids is 1. The molecule has 0 atom stereocenters. The molecule has 1 saturated carbocycles. The van der Waals surface area contributed by atoms with Crippen LogP contribution in [0.5, 0.6) is 0 Å². The van der Waals surface area contributed by atoms with E-state index in [4.69, 9.17) is 11.6 Å². The fourth-order valence-electron chi connectivity index (χ4n) is 2.23. The number of amides is 2. The minimum Gasteiger partial charge on any atom is -0.335 e. The zero-order chi connectivity index (χ0) is 13.0. The van der Waals surface area contributed by atoms with Gasteiger partial charge >= 0.3 is 6.03 Å². The number of benzene rings is 1. The molecule has 3 nitrogen and oxygen atoms in total. The van der Waals surface area contributed by atoms with Gasteiger partial charge < -0.3 is 10.6 Å². The van der Waals surface area contributed by atoms with E-state index in [-0.39, 0.29) is 17.1 Å². The lowest BCUT2D eigenvalue weighted by molar-refractivity contribution is 0.244. The van der Waals surface area contributed by atoms with Crippen molar-refractivity contribution >= 4 is 23.3 Å². The normalized spacial score (nSPS) is 16.3. The second-order valence-electron chi connectivity index (χ2n) is 4.59. The molecule has 18 heavy (non-hydrogen) atoms. The number of nitrogens with one attached hydrogen (secondary N) is 2. The van der Waals surface area contributed by atoms with Crippen LogP contribution in [-0.2, 0) is 0 Å². The number of hydrogen-bond donors (Lipinski definition) is 2. The molecule has 2 amide bonds. The Labute approximate surface area is 111 Å². The van der Waals surface area contributed by atoms with Crippen LogP contribution < -0.4 is 10.6 Å². The zero-order valence-electron chi connectivity index (χ0n) is 10.0. The van der Waals surface area contributed by atoms with Crippen LogP contribution in [0.3, 0.4) is 0 Å². The van der Waals surface area contributed by atoms with E-state index >= 15 is 0 Å². The Morgan fingerprint density at radius 1 is 1.22 bits per heavy atom. The summed E-state index contributed by atoms with van der Waals surface area (Å²) in [6.07, 6.45) is 5.56. The molecular weight excluding hydrogens is 255 g/mol. The number of rotatable bonds is 2. The summed E-state index contributed by atoms with van der Waals surface area (Å²) < 4.78 is 13.1. The fraction of sp³-hybridized carbons (Fsp3) is 0.462. The summed E-state index contributed by atoms with van der Waals surface area (Å²) in [7, 11) is 0. The lowest BCUT2D eigenvalue weighted by atomic mass is 9.96. The molecule has 0 radical (unpaired) electrons. The van der Waals surface area contributed by atoms with E-state index < -0.39 is 5.82 Å². The highest BCUT2D eigenvalue weighted by Gasteiger charge is 2.15. The van der Waals surface area contributed by atoms with Gasteiger partial charge in [-0.05, 0) is 31.0 Å². The van der Waals surface area contributed by atoms with Crippen LogP contribution in [0.2, 0.25) is 5.02 Å². The molecule has 0 aliphatic heterocycles. The second kappa shape index (κ2) is 6.05. The fourth-order valence-corrected chi connectivity index (χ4v) is 2.45. The van der Waals surface area contributed by atoms with E-state index in [0.717, 1.165) is 25.7 Å². The maximum absolute atomic E-state index is 13.1. The Morgan fingerprint density at radius 2 is 1.94 bits per heavy atom. The van der Waals surface area contributed by atoms with Gasteiger partial charge in [-0.2, -0.15) is 0 Å². The maximum atomic E-state index is 13.1. The zero-order valence-corrected chi connectivity index (χ0v) is 10.8. The third-order valence-electron chi connectivity index (χ3n) is 3.06. The molecule has 2 N–H and O–H groups in total. The Hall–Kier alpha value is -1.29. The number of urea groups is 1. The van der Waals surface area contributed by atoms with Gasteiger partial charge in [0.15, 0.2) is 0 Å². The molecule has 98 valence electrons. The Bertz CT molecular complexity index is 413. The van der Waals surface area contributed by atoms with E-state index in [1.165, 1.54) is 24.6 Å². The lowest BCUT2D eigenvalue weighted by Gasteiger charge is -2.22. The molecule has 0 bridgehead atoms. The van der Waals surface area contributed by atoms with E-state index in [1.807, 2.05) is 0 Å². The quantitative estimate of drug-likeness (QED) is 0.840. The number of carbonyl (C=O) groups is 1. The summed E-state index contributed by atoms with van der Waals surface area (Å²) in [6, 6.07) is 3.88. The van der Waals surface area contributed by atoms with Crippen LogP contribution in [0.25, 0.3) is 0 Å². The van der Waals surface area contributed by atoms with Gasteiger partial charge in [-0.25, -0.2) is 9.18 Å². The average molecular weight is 271 g/mol. The molecule has 1 aromatic carbocycles. The summed E-state index contributed by atoms with van der Waals surface area (Å²) in [5.41, 5.74) is 0.369. The van der Waals surface area contributed by atoms with Gasteiger partial charge in [0.2, 0.25) is 0 Å². The van der Waals surface area contributed by atoms with Gasteiger partial charge in [-0.15, -0.1) is 0 Å². The molecule has 2 rings (SSSR count). The van der Waals surface area contributed by atoms with Gasteiger partial charge in [-0.1, -0.05) is 30.9 Å². The average Bonchev–Trinajstić information content (AvgIpc) is 2.28. The van der Waals surface area contributed by atoms with Crippen molar-refractivity contribution in [1.29, 1.82) is 0 Å². The van der Waals surface area contributed by atoms with Crippen LogP contribution in [0.1, 0.15) is 32.1 Å². The first-order chi connectivity index (χ1) is 8.63. The predicted octanol–water partition coefficient (Wildman–Crippen LogP) is 3.93. The van der Waals surface area contributed by atoms with Crippen molar-refractivity contribution in [2.24, 2.45) is 0 Å². The van der Waals surface area contributed by atoms with Crippen molar-refractivity contribution in [3.8, 4) is 0 Å². The van der Waals surface area contributed by atoms with Gasteiger partial charge in [0, 0.05) is 16.8 Å². The Balaban J connectivity index is 1.89. The molecular formula is C13H16ClFN2O. The molecule has 0 spiro atoms. The minimum absolute atomic E-state index is 0.225. The first-order valence-corrected chi connectivity index (χ1v) is 6.55. The van der Waals surface area contributed by atoms with Gasteiger partial charge in [-0.3, -0.25) is 0 Å². The molecule has 0 aromatic heterocycles. The van der Waals surface area contributed by atoms with Gasteiger partial charge in [0.05, 0.1) is 0 Å². The summed E-state index contributed by atoms with van der Waals surface area (Å²) in [4.78, 5) is 11.7. The molecule has 1 fully saturated rings. The van der Waals surface area contributed by atoms with Gasteiger partial charge in [0.1, 0.15) is 5.82 Å². The maximum Gasteiger partial charge on any atom is 0.319 e. The predicted molar refractivity (Wildman–Crippen MR) is 70.4 cm³/mol. The summed E-state index contributed by atoms with van der Waals surface area (Å²) in [5.74, 6) is -0.463. The van der Waals surface area contributed by atoms with Crippen molar-refractivity contribution in [1.82, 2.24) is 5.32 Å². The number of halogens is 2. The molecule has 0 unspecified atom stereocenters. The lowest BCUT2D eigenvalue weighted by Crippen LogP contribution is -2.39.